The fourth-order valence-electron chi connectivity index (χ4n) is 3.82. The van der Waals surface area contributed by atoms with Crippen molar-refractivity contribution in [3.63, 3.8) is 0 Å². The van der Waals surface area contributed by atoms with Gasteiger partial charge in [-0.15, -0.1) is 0 Å². The molecule has 8 heteroatoms. The van der Waals surface area contributed by atoms with E-state index in [1.165, 1.54) is 7.11 Å². The highest BCUT2D eigenvalue weighted by atomic mass is 35.5. The molecular formula is C21H31ClN2O5. The van der Waals surface area contributed by atoms with Gasteiger partial charge in [0.2, 0.25) is 5.75 Å². The molecule has 1 aromatic rings. The number of aliphatic hydroxyl groups excluding tert-OH is 1. The molecule has 0 saturated carbocycles. The number of halogens is 1. The molecule has 0 bridgehead atoms. The van der Waals surface area contributed by atoms with Crippen molar-refractivity contribution in [2.45, 2.75) is 38.7 Å². The number of carbonyl (C=O) groups is 1. The molecular weight excluding hydrogens is 396 g/mol. The summed E-state index contributed by atoms with van der Waals surface area (Å²) in [5.41, 5.74) is 0.322. The molecule has 3 rings (SSSR count). The SMILES string of the molecule is CCCCN1CC[C@@H](CNC(=O)c2cc(Cl)c(OC)c3c2OCCCO3)C(O)C1. The van der Waals surface area contributed by atoms with Crippen molar-refractivity contribution in [1.29, 1.82) is 0 Å². The number of hydrogen-bond acceptors (Lipinski definition) is 6. The summed E-state index contributed by atoms with van der Waals surface area (Å²) in [4.78, 5) is 15.2. The molecule has 2 aliphatic heterocycles. The molecule has 1 unspecified atom stereocenters. The Kier molecular flexibility index (Phi) is 7.86. The zero-order valence-electron chi connectivity index (χ0n) is 17.2. The number of β-amino-alcohol motifs (C(OH)–C–C–N with tert-alkyl or cyclic N) is 1. The van der Waals surface area contributed by atoms with Gasteiger partial charge < -0.3 is 29.5 Å². The second kappa shape index (κ2) is 10.4. The van der Waals surface area contributed by atoms with Gasteiger partial charge in [0.15, 0.2) is 11.5 Å². The van der Waals surface area contributed by atoms with Crippen molar-refractivity contribution in [3.8, 4) is 17.2 Å². The number of amides is 1. The first-order chi connectivity index (χ1) is 14.0. The number of benzene rings is 1. The van der Waals surface area contributed by atoms with Crippen LogP contribution in [-0.2, 0) is 0 Å². The molecule has 1 saturated heterocycles. The molecule has 162 valence electrons. The number of aliphatic hydroxyl groups is 1. The Morgan fingerprint density at radius 2 is 2.14 bits per heavy atom. The van der Waals surface area contributed by atoms with Gasteiger partial charge in [-0.2, -0.15) is 0 Å². The molecule has 0 aliphatic carbocycles. The predicted octanol–water partition coefficient (Wildman–Crippen LogP) is 2.72. The summed E-state index contributed by atoms with van der Waals surface area (Å²) in [6.45, 7) is 6.10. The maximum atomic E-state index is 12.9. The van der Waals surface area contributed by atoms with Crippen molar-refractivity contribution in [2.75, 3.05) is 46.5 Å². The van der Waals surface area contributed by atoms with E-state index in [4.69, 9.17) is 25.8 Å². The summed E-state index contributed by atoms with van der Waals surface area (Å²) in [5, 5.41) is 13.7. The maximum absolute atomic E-state index is 12.9. The second-order valence-corrected chi connectivity index (χ2v) is 8.04. The molecule has 2 atom stereocenters. The molecule has 29 heavy (non-hydrogen) atoms. The Hall–Kier alpha value is -1.70. The van der Waals surface area contributed by atoms with Crippen molar-refractivity contribution in [1.82, 2.24) is 10.2 Å². The minimum absolute atomic E-state index is 0.0290. The number of ether oxygens (including phenoxy) is 3. The van der Waals surface area contributed by atoms with Crippen LogP contribution in [0.5, 0.6) is 17.2 Å². The monoisotopic (exact) mass is 426 g/mol. The first kappa shape index (κ1) is 22.0. The average Bonchev–Trinajstić information content (AvgIpc) is 2.96. The van der Waals surface area contributed by atoms with Crippen molar-refractivity contribution < 1.29 is 24.1 Å². The fraction of sp³-hybridized carbons (Fsp3) is 0.667. The normalized spacial score (nSPS) is 22.1. The molecule has 0 spiro atoms. The lowest BCUT2D eigenvalue weighted by molar-refractivity contribution is 0.0217. The number of carbonyl (C=O) groups excluding carboxylic acids is 1. The summed E-state index contributed by atoms with van der Waals surface area (Å²) in [5.74, 6) is 0.830. The Labute approximate surface area is 177 Å². The van der Waals surface area contributed by atoms with Crippen LogP contribution in [0, 0.1) is 5.92 Å². The number of nitrogens with one attached hydrogen (secondary N) is 1. The first-order valence-electron chi connectivity index (χ1n) is 10.4. The van der Waals surface area contributed by atoms with E-state index < -0.39 is 6.10 Å². The van der Waals surface area contributed by atoms with Gasteiger partial charge in [0.25, 0.3) is 5.91 Å². The van der Waals surface area contributed by atoms with E-state index in [9.17, 15) is 9.90 Å². The smallest absolute Gasteiger partial charge is 0.255 e. The van der Waals surface area contributed by atoms with E-state index in [1.807, 2.05) is 0 Å². The number of unbranched alkanes of at least 4 members (excludes halogenated alkanes) is 1. The molecule has 1 aromatic carbocycles. The highest BCUT2D eigenvalue weighted by Crippen LogP contribution is 2.46. The quantitative estimate of drug-likeness (QED) is 0.697. The van der Waals surface area contributed by atoms with Crippen LogP contribution < -0.4 is 19.5 Å². The summed E-state index contributed by atoms with van der Waals surface area (Å²) in [6, 6.07) is 1.55. The van der Waals surface area contributed by atoms with Gasteiger partial charge in [-0.3, -0.25) is 4.79 Å². The Bertz CT molecular complexity index is 715. The van der Waals surface area contributed by atoms with E-state index in [1.54, 1.807) is 6.07 Å². The van der Waals surface area contributed by atoms with E-state index in [0.29, 0.717) is 60.6 Å². The zero-order chi connectivity index (χ0) is 20.8. The highest BCUT2D eigenvalue weighted by molar-refractivity contribution is 6.33. The van der Waals surface area contributed by atoms with Crippen LogP contribution in [-0.4, -0.2) is 68.5 Å². The Morgan fingerprint density at radius 3 is 2.83 bits per heavy atom. The topological polar surface area (TPSA) is 80.3 Å². The predicted molar refractivity (Wildman–Crippen MR) is 111 cm³/mol. The van der Waals surface area contributed by atoms with Gasteiger partial charge in [-0.05, 0) is 32.0 Å². The van der Waals surface area contributed by atoms with Gasteiger partial charge in [0.05, 0.1) is 37.0 Å². The standard InChI is InChI=1S/C21H31ClN2O5/c1-3-4-7-24-8-6-14(17(25)13-24)12-23-21(26)15-11-16(22)19(27-2)20-18(15)28-9-5-10-29-20/h11,14,17,25H,3-10,12-13H2,1-2H3,(H,23,26)/t14-,17?/m0/s1. The third-order valence-corrected chi connectivity index (χ3v) is 5.81. The first-order valence-corrected chi connectivity index (χ1v) is 10.8. The van der Waals surface area contributed by atoms with E-state index in [-0.39, 0.29) is 11.8 Å². The number of fused-ring (bicyclic) bond motifs is 1. The van der Waals surface area contributed by atoms with Crippen LogP contribution in [0.2, 0.25) is 5.02 Å². The van der Waals surface area contributed by atoms with Gasteiger partial charge in [0.1, 0.15) is 0 Å². The summed E-state index contributed by atoms with van der Waals surface area (Å²) in [6.07, 6.45) is 3.40. The number of likely N-dealkylation sites (tertiary alicyclic amines) is 1. The highest BCUT2D eigenvalue weighted by Gasteiger charge is 2.30. The lowest BCUT2D eigenvalue weighted by Crippen LogP contribution is -2.47. The van der Waals surface area contributed by atoms with Crippen LogP contribution in [0.1, 0.15) is 43.0 Å². The van der Waals surface area contributed by atoms with Crippen LogP contribution in [0.3, 0.4) is 0 Å². The third kappa shape index (κ3) is 5.27. The fourth-order valence-corrected chi connectivity index (χ4v) is 4.09. The number of hydrogen-bond donors (Lipinski definition) is 2. The van der Waals surface area contributed by atoms with E-state index >= 15 is 0 Å². The third-order valence-electron chi connectivity index (χ3n) is 5.53. The molecule has 0 aromatic heterocycles. The number of piperidine rings is 1. The Balaban J connectivity index is 1.66. The number of rotatable bonds is 7. The maximum Gasteiger partial charge on any atom is 0.255 e. The Morgan fingerprint density at radius 1 is 1.38 bits per heavy atom. The van der Waals surface area contributed by atoms with E-state index in [0.717, 1.165) is 32.4 Å². The number of methoxy groups -OCH3 is 1. The lowest BCUT2D eigenvalue weighted by Gasteiger charge is -2.36. The average molecular weight is 427 g/mol. The van der Waals surface area contributed by atoms with Crippen LogP contribution >= 0.6 is 11.6 Å². The molecule has 2 aliphatic rings. The summed E-state index contributed by atoms with van der Waals surface area (Å²) in [7, 11) is 1.50. The van der Waals surface area contributed by atoms with Crippen LogP contribution in [0.15, 0.2) is 6.07 Å². The molecule has 1 fully saturated rings. The van der Waals surface area contributed by atoms with Gasteiger partial charge in [0, 0.05) is 25.4 Å². The zero-order valence-corrected chi connectivity index (χ0v) is 18.0. The van der Waals surface area contributed by atoms with Crippen molar-refractivity contribution >= 4 is 17.5 Å². The molecule has 2 N–H and O–H groups in total. The largest absolute Gasteiger partial charge is 0.491 e. The molecule has 1 amide bonds. The molecule has 7 nitrogen and oxygen atoms in total. The van der Waals surface area contributed by atoms with Crippen LogP contribution in [0.4, 0.5) is 0 Å². The number of nitrogens with zero attached hydrogens (tertiary/aromatic N) is 1. The van der Waals surface area contributed by atoms with Gasteiger partial charge in [-0.1, -0.05) is 24.9 Å². The minimum atomic E-state index is -0.447. The van der Waals surface area contributed by atoms with E-state index in [2.05, 4.69) is 17.1 Å². The van der Waals surface area contributed by atoms with Crippen molar-refractivity contribution in [2.24, 2.45) is 5.92 Å². The summed E-state index contributed by atoms with van der Waals surface area (Å²) < 4.78 is 16.9. The van der Waals surface area contributed by atoms with Crippen molar-refractivity contribution in [3.05, 3.63) is 16.7 Å². The molecule has 0 radical (unpaired) electrons. The summed E-state index contributed by atoms with van der Waals surface area (Å²) >= 11 is 6.31. The lowest BCUT2D eigenvalue weighted by atomic mass is 9.93. The molecule has 2 heterocycles. The van der Waals surface area contributed by atoms with Crippen LogP contribution in [0.25, 0.3) is 0 Å². The second-order valence-electron chi connectivity index (χ2n) is 7.63. The van der Waals surface area contributed by atoms with Gasteiger partial charge >= 0.3 is 0 Å². The van der Waals surface area contributed by atoms with Gasteiger partial charge in [-0.25, -0.2) is 0 Å². The minimum Gasteiger partial charge on any atom is -0.491 e.